The zero-order valence-electron chi connectivity index (χ0n) is 42.5. The Morgan fingerprint density at radius 2 is 0.973 bits per heavy atom. The average molecular weight is 1020 g/mol. The van der Waals surface area contributed by atoms with Crippen LogP contribution in [0.15, 0.2) is 176 Å². The highest BCUT2D eigenvalue weighted by Crippen LogP contribution is 2.48. The van der Waals surface area contributed by atoms with Crippen LogP contribution in [0.4, 0.5) is 25.8 Å². The van der Waals surface area contributed by atoms with Gasteiger partial charge in [-0.2, -0.15) is 0 Å². The van der Waals surface area contributed by atoms with Crippen LogP contribution in [0.5, 0.6) is 5.75 Å². The lowest BCUT2D eigenvalue weighted by Gasteiger charge is -2.37. The number of hydrogen-bond acceptors (Lipinski definition) is 11. The molecule has 0 heterocycles. The van der Waals surface area contributed by atoms with Crippen LogP contribution in [-0.4, -0.2) is 83.1 Å². The third-order valence-corrected chi connectivity index (χ3v) is 12.8. The summed E-state index contributed by atoms with van der Waals surface area (Å²) >= 11 is 1.54. The SMILES string of the molecule is CC(C)(C)OC(=O)N[C@@H](Cc1ccc(OC(=O)NCC[C@H](NC(=O)OC(C)(C)C)C(=O)N[C@@H](CSC(c2ccccc2)(c2ccccc2)c2ccccc2)C(O)Nc2ccccc2)cc1)C(=O)Nc1ccccc1. The Balaban J connectivity index is 1.17. The van der Waals surface area contributed by atoms with Crippen LogP contribution in [0.25, 0.3) is 0 Å². The minimum absolute atomic E-state index is 0.0886. The van der Waals surface area contributed by atoms with Gasteiger partial charge in [0.25, 0.3) is 0 Å². The number of para-hydroxylation sites is 2. The maximum absolute atomic E-state index is 14.5. The molecule has 1 unspecified atom stereocenters. The molecule has 74 heavy (non-hydrogen) atoms. The molecule has 0 aliphatic carbocycles. The van der Waals surface area contributed by atoms with Gasteiger partial charge in [0.15, 0.2) is 0 Å². The monoisotopic (exact) mass is 1020 g/mol. The normalized spacial score (nSPS) is 13.1. The Morgan fingerprint density at radius 1 is 0.527 bits per heavy atom. The van der Waals surface area contributed by atoms with Crippen LogP contribution in [0, 0.1) is 0 Å². The fourth-order valence-electron chi connectivity index (χ4n) is 7.80. The minimum Gasteiger partial charge on any atom is -0.444 e. The van der Waals surface area contributed by atoms with E-state index in [0.29, 0.717) is 16.9 Å². The van der Waals surface area contributed by atoms with Crippen molar-refractivity contribution in [3.63, 3.8) is 0 Å². The summed E-state index contributed by atoms with van der Waals surface area (Å²) in [5, 5.41) is 28.9. The fraction of sp³-hybridized carbons (Fsp3) is 0.293. The first-order valence-corrected chi connectivity index (χ1v) is 25.4. The number of aliphatic hydroxyl groups excluding tert-OH is 1. The molecular weight excluding hydrogens is 957 g/mol. The molecule has 0 aliphatic rings. The number of carbonyl (C=O) groups excluding carboxylic acids is 5. The number of thioether (sulfide) groups is 1. The lowest BCUT2D eigenvalue weighted by atomic mass is 9.84. The largest absolute Gasteiger partial charge is 0.444 e. The van der Waals surface area contributed by atoms with E-state index in [0.717, 1.165) is 16.7 Å². The lowest BCUT2D eigenvalue weighted by Crippen LogP contribution is -2.56. The van der Waals surface area contributed by atoms with E-state index in [1.165, 1.54) is 0 Å². The van der Waals surface area contributed by atoms with Gasteiger partial charge < -0.3 is 51.2 Å². The topological polar surface area (TPSA) is 205 Å². The Labute approximate surface area is 437 Å². The van der Waals surface area contributed by atoms with Gasteiger partial charge in [0.2, 0.25) is 11.8 Å². The second-order valence-electron chi connectivity index (χ2n) is 19.4. The molecule has 4 atom stereocenters. The Bertz CT molecular complexity index is 2630. The third-order valence-electron chi connectivity index (χ3n) is 11.1. The summed E-state index contributed by atoms with van der Waals surface area (Å²) in [5.41, 5.74) is 3.10. The van der Waals surface area contributed by atoms with Gasteiger partial charge in [0, 0.05) is 30.1 Å². The number of nitrogens with one attached hydrogen (secondary N) is 6. The number of hydrogen-bond donors (Lipinski definition) is 7. The van der Waals surface area contributed by atoms with E-state index in [1.807, 2.05) is 78.9 Å². The number of rotatable bonds is 21. The van der Waals surface area contributed by atoms with E-state index in [9.17, 15) is 29.1 Å². The van der Waals surface area contributed by atoms with Crippen LogP contribution >= 0.6 is 11.8 Å². The van der Waals surface area contributed by atoms with Crippen molar-refractivity contribution in [1.82, 2.24) is 21.3 Å². The number of benzene rings is 6. The maximum atomic E-state index is 14.5. The van der Waals surface area contributed by atoms with Gasteiger partial charge >= 0.3 is 18.3 Å². The molecule has 0 aromatic heterocycles. The van der Waals surface area contributed by atoms with Gasteiger partial charge in [-0.3, -0.25) is 9.59 Å². The van der Waals surface area contributed by atoms with E-state index >= 15 is 0 Å². The standard InChI is InChI=1S/C58H66N6O9S/c1-56(2,3)72-54(69)63-47(36-37-59-53(68)71-46-34-32-40(33-35-46)38-48(64-55(70)73-57(4,5)6)51(66)60-44-28-18-10-19-29-44)50(65)62-49(52(67)61-45-30-20-11-21-31-45)39-74-58(41-22-12-7-13-23-41,42-24-14-8-15-25-42)43-26-16-9-17-27-43/h7-35,47-49,52,61,67H,36-39H2,1-6H3,(H,59,68)(H,60,66)(H,62,65)(H,63,69)(H,64,70)/t47-,48-,49-,52?/m0/s1. The molecule has 15 nitrogen and oxygen atoms in total. The molecule has 7 N–H and O–H groups in total. The summed E-state index contributed by atoms with van der Waals surface area (Å²) in [4.78, 5) is 67.2. The summed E-state index contributed by atoms with van der Waals surface area (Å²) in [7, 11) is 0. The summed E-state index contributed by atoms with van der Waals surface area (Å²) in [5.74, 6) is -0.741. The van der Waals surface area contributed by atoms with Crippen molar-refractivity contribution in [2.45, 2.75) is 94.7 Å². The van der Waals surface area contributed by atoms with E-state index in [4.69, 9.17) is 14.2 Å². The molecule has 6 aromatic rings. The molecule has 6 rings (SSSR count). The highest BCUT2D eigenvalue weighted by Gasteiger charge is 2.39. The third kappa shape index (κ3) is 17.2. The minimum atomic E-state index is -1.31. The van der Waals surface area contributed by atoms with Crippen molar-refractivity contribution in [2.24, 2.45) is 0 Å². The predicted molar refractivity (Wildman–Crippen MR) is 290 cm³/mol. The number of amides is 5. The summed E-state index contributed by atoms with van der Waals surface area (Å²) in [6, 6.07) is 51.3. The van der Waals surface area contributed by atoms with Gasteiger partial charge in [-0.05, 0) is 107 Å². The summed E-state index contributed by atoms with van der Waals surface area (Å²) in [6.45, 7) is 10.1. The molecule has 0 bridgehead atoms. The Hall–Kier alpha value is -7.82. The number of carbonyl (C=O) groups is 5. The summed E-state index contributed by atoms with van der Waals surface area (Å²) < 4.78 is 15.7. The van der Waals surface area contributed by atoms with Crippen molar-refractivity contribution in [3.05, 3.63) is 198 Å². The van der Waals surface area contributed by atoms with Gasteiger partial charge in [-0.15, -0.1) is 11.8 Å². The van der Waals surface area contributed by atoms with Crippen LogP contribution in [-0.2, 0) is 30.2 Å². The van der Waals surface area contributed by atoms with Crippen molar-refractivity contribution in [3.8, 4) is 5.75 Å². The van der Waals surface area contributed by atoms with Crippen molar-refractivity contribution in [2.75, 3.05) is 22.9 Å². The molecule has 5 amide bonds. The molecule has 0 saturated carbocycles. The molecule has 0 spiro atoms. The van der Waals surface area contributed by atoms with Crippen molar-refractivity contribution >= 4 is 53.2 Å². The van der Waals surface area contributed by atoms with Crippen LogP contribution < -0.4 is 36.6 Å². The second kappa shape index (κ2) is 26.2. The van der Waals surface area contributed by atoms with Gasteiger partial charge in [-0.1, -0.05) is 140 Å². The average Bonchev–Trinajstić information content (AvgIpc) is 3.36. The van der Waals surface area contributed by atoms with Gasteiger partial charge in [0.05, 0.1) is 10.8 Å². The number of aliphatic hydroxyl groups is 1. The highest BCUT2D eigenvalue weighted by molar-refractivity contribution is 8.00. The van der Waals surface area contributed by atoms with Gasteiger partial charge in [0.1, 0.15) is 35.3 Å². The van der Waals surface area contributed by atoms with E-state index in [2.05, 4.69) is 68.3 Å². The maximum Gasteiger partial charge on any atom is 0.412 e. The van der Waals surface area contributed by atoms with Crippen LogP contribution in [0.2, 0.25) is 0 Å². The molecule has 0 radical (unpaired) electrons. The zero-order chi connectivity index (χ0) is 53.1. The molecule has 0 aliphatic heterocycles. The molecule has 6 aromatic carbocycles. The number of ether oxygens (including phenoxy) is 3. The molecule has 388 valence electrons. The van der Waals surface area contributed by atoms with Crippen molar-refractivity contribution in [1.29, 1.82) is 0 Å². The zero-order valence-corrected chi connectivity index (χ0v) is 43.3. The van der Waals surface area contributed by atoms with E-state index in [1.54, 1.807) is 114 Å². The first kappa shape index (κ1) is 55.5. The number of anilines is 2. The smallest absolute Gasteiger partial charge is 0.412 e. The first-order valence-electron chi connectivity index (χ1n) is 24.4. The lowest BCUT2D eigenvalue weighted by molar-refractivity contribution is -0.124. The second-order valence-corrected chi connectivity index (χ2v) is 20.6. The molecule has 0 fully saturated rings. The van der Waals surface area contributed by atoms with Crippen LogP contribution in [0.3, 0.4) is 0 Å². The fourth-order valence-corrected chi connectivity index (χ4v) is 9.41. The number of alkyl carbamates (subject to hydrolysis) is 2. The predicted octanol–water partition coefficient (Wildman–Crippen LogP) is 9.77. The quantitative estimate of drug-likeness (QED) is 0.0267. The molecular formula is C58H66N6O9S. The first-order chi connectivity index (χ1) is 35.4. The van der Waals surface area contributed by atoms with Crippen LogP contribution in [0.1, 0.15) is 70.2 Å². The highest BCUT2D eigenvalue weighted by atomic mass is 32.2. The molecule has 16 heteroatoms. The molecule has 0 saturated heterocycles. The Kier molecular flexibility index (Phi) is 19.7. The van der Waals surface area contributed by atoms with E-state index in [-0.39, 0.29) is 30.9 Å². The van der Waals surface area contributed by atoms with Gasteiger partial charge in [-0.25, -0.2) is 14.4 Å². The summed E-state index contributed by atoms with van der Waals surface area (Å²) in [6.07, 6.45) is -3.77. The van der Waals surface area contributed by atoms with Crippen molar-refractivity contribution < 1.29 is 43.3 Å². The van der Waals surface area contributed by atoms with E-state index < -0.39 is 70.4 Å². The Morgan fingerprint density at radius 3 is 1.45 bits per heavy atom.